The summed E-state index contributed by atoms with van der Waals surface area (Å²) in [5.41, 5.74) is 6.42. The van der Waals surface area contributed by atoms with Crippen LogP contribution in [0.15, 0.2) is 35.7 Å². The molecule has 0 aliphatic rings. The van der Waals surface area contributed by atoms with Crippen LogP contribution in [0.1, 0.15) is 10.4 Å². The van der Waals surface area contributed by atoms with Crippen LogP contribution in [0, 0.1) is 11.6 Å². The molecule has 2 rings (SSSR count). The summed E-state index contributed by atoms with van der Waals surface area (Å²) in [6.45, 7) is 0. The zero-order valence-corrected chi connectivity index (χ0v) is 10.0. The van der Waals surface area contributed by atoms with Crippen molar-refractivity contribution < 1.29 is 8.78 Å². The Morgan fingerprint density at radius 2 is 2.00 bits per heavy atom. The second-order valence-corrected chi connectivity index (χ2v) is 5.02. The standard InChI is InChI=1S/C13H13F2NS/c14-10-4-3-9(13(15)7-10)6-11(16)8-12-2-1-5-17-12/h1-5,7,11H,6,8,16H2. The van der Waals surface area contributed by atoms with Crippen LogP contribution in [0.5, 0.6) is 0 Å². The van der Waals surface area contributed by atoms with E-state index in [1.165, 1.54) is 17.0 Å². The summed E-state index contributed by atoms with van der Waals surface area (Å²) < 4.78 is 26.1. The number of rotatable bonds is 4. The van der Waals surface area contributed by atoms with Gasteiger partial charge in [0.2, 0.25) is 0 Å². The molecule has 4 heteroatoms. The Labute approximate surface area is 103 Å². The van der Waals surface area contributed by atoms with Crippen LogP contribution in [0.4, 0.5) is 8.78 Å². The molecule has 1 aromatic carbocycles. The van der Waals surface area contributed by atoms with Gasteiger partial charge in [-0.05, 0) is 35.9 Å². The number of halogens is 2. The normalized spacial score (nSPS) is 12.6. The van der Waals surface area contributed by atoms with Crippen LogP contribution in [-0.2, 0) is 12.8 Å². The summed E-state index contributed by atoms with van der Waals surface area (Å²) in [6, 6.07) is 7.44. The Balaban J connectivity index is 2.00. The van der Waals surface area contributed by atoms with E-state index in [1.807, 2.05) is 17.5 Å². The molecule has 0 amide bonds. The summed E-state index contributed by atoms with van der Waals surface area (Å²) >= 11 is 1.63. The summed E-state index contributed by atoms with van der Waals surface area (Å²) in [6.07, 6.45) is 1.14. The molecule has 0 saturated heterocycles. The molecule has 2 N–H and O–H groups in total. The average Bonchev–Trinajstić information content (AvgIpc) is 2.75. The number of hydrogen-bond donors (Lipinski definition) is 1. The van der Waals surface area contributed by atoms with Crippen molar-refractivity contribution in [1.82, 2.24) is 0 Å². The van der Waals surface area contributed by atoms with E-state index in [0.29, 0.717) is 18.4 Å². The summed E-state index contributed by atoms with van der Waals surface area (Å²) in [5.74, 6) is -1.08. The minimum absolute atomic E-state index is 0.145. The number of thiophene rings is 1. The Morgan fingerprint density at radius 1 is 1.18 bits per heavy atom. The Bertz CT molecular complexity index is 482. The van der Waals surface area contributed by atoms with Crippen molar-refractivity contribution >= 4 is 11.3 Å². The van der Waals surface area contributed by atoms with E-state index in [1.54, 1.807) is 11.3 Å². The van der Waals surface area contributed by atoms with E-state index >= 15 is 0 Å². The third-order valence-corrected chi connectivity index (χ3v) is 3.44. The van der Waals surface area contributed by atoms with Gasteiger partial charge in [-0.1, -0.05) is 12.1 Å². The predicted molar refractivity (Wildman–Crippen MR) is 66.1 cm³/mol. The van der Waals surface area contributed by atoms with E-state index in [4.69, 9.17) is 5.73 Å². The van der Waals surface area contributed by atoms with Gasteiger partial charge in [-0.15, -0.1) is 11.3 Å². The lowest BCUT2D eigenvalue weighted by atomic mass is 10.0. The molecular formula is C13H13F2NS. The van der Waals surface area contributed by atoms with Crippen molar-refractivity contribution in [3.8, 4) is 0 Å². The lowest BCUT2D eigenvalue weighted by Gasteiger charge is -2.11. The molecule has 0 aliphatic carbocycles. The number of benzene rings is 1. The SMILES string of the molecule is NC(Cc1cccs1)Cc1ccc(F)cc1F. The van der Waals surface area contributed by atoms with Crippen LogP contribution in [0.3, 0.4) is 0 Å². The second kappa shape index (κ2) is 5.38. The number of nitrogens with two attached hydrogens (primary N) is 1. The van der Waals surface area contributed by atoms with Gasteiger partial charge in [-0.3, -0.25) is 0 Å². The molecule has 1 nitrogen and oxygen atoms in total. The van der Waals surface area contributed by atoms with Gasteiger partial charge in [-0.25, -0.2) is 8.78 Å². The Kier molecular flexibility index (Phi) is 3.86. The molecule has 0 bridgehead atoms. The summed E-state index contributed by atoms with van der Waals surface area (Å²) in [7, 11) is 0. The fourth-order valence-electron chi connectivity index (χ4n) is 1.73. The lowest BCUT2D eigenvalue weighted by Crippen LogP contribution is -2.25. The van der Waals surface area contributed by atoms with Crippen LogP contribution in [-0.4, -0.2) is 6.04 Å². The highest BCUT2D eigenvalue weighted by Gasteiger charge is 2.10. The van der Waals surface area contributed by atoms with Crippen molar-refractivity contribution in [2.24, 2.45) is 5.73 Å². The van der Waals surface area contributed by atoms with Crippen LogP contribution >= 0.6 is 11.3 Å². The molecule has 1 heterocycles. The monoisotopic (exact) mass is 253 g/mol. The fraction of sp³-hybridized carbons (Fsp3) is 0.231. The zero-order valence-electron chi connectivity index (χ0n) is 9.20. The average molecular weight is 253 g/mol. The molecule has 0 aliphatic heterocycles. The van der Waals surface area contributed by atoms with Gasteiger partial charge in [0, 0.05) is 17.0 Å². The molecule has 90 valence electrons. The lowest BCUT2D eigenvalue weighted by molar-refractivity contribution is 0.559. The molecule has 17 heavy (non-hydrogen) atoms. The molecule has 0 radical (unpaired) electrons. The van der Waals surface area contributed by atoms with E-state index < -0.39 is 11.6 Å². The van der Waals surface area contributed by atoms with Gasteiger partial charge >= 0.3 is 0 Å². The molecule has 1 atom stereocenters. The fourth-order valence-corrected chi connectivity index (χ4v) is 2.53. The molecule has 2 aromatic rings. The van der Waals surface area contributed by atoms with E-state index in [2.05, 4.69) is 0 Å². The molecule has 1 aromatic heterocycles. The maximum atomic E-state index is 13.4. The molecule has 0 saturated carbocycles. The predicted octanol–water partition coefficient (Wildman–Crippen LogP) is 3.14. The van der Waals surface area contributed by atoms with Gasteiger partial charge in [0.1, 0.15) is 11.6 Å². The highest BCUT2D eigenvalue weighted by atomic mass is 32.1. The third-order valence-electron chi connectivity index (χ3n) is 2.54. The molecule has 0 fully saturated rings. The maximum absolute atomic E-state index is 13.4. The van der Waals surface area contributed by atoms with Crippen molar-refractivity contribution in [3.05, 3.63) is 57.8 Å². The Morgan fingerprint density at radius 3 is 2.65 bits per heavy atom. The summed E-state index contributed by atoms with van der Waals surface area (Å²) in [4.78, 5) is 1.18. The second-order valence-electron chi connectivity index (χ2n) is 3.98. The number of hydrogen-bond acceptors (Lipinski definition) is 2. The largest absolute Gasteiger partial charge is 0.327 e. The molecule has 0 spiro atoms. The van der Waals surface area contributed by atoms with Crippen LogP contribution in [0.2, 0.25) is 0 Å². The van der Waals surface area contributed by atoms with Crippen LogP contribution < -0.4 is 5.73 Å². The first-order chi connectivity index (χ1) is 8.15. The van der Waals surface area contributed by atoms with Crippen molar-refractivity contribution in [1.29, 1.82) is 0 Å². The van der Waals surface area contributed by atoms with Gasteiger partial charge in [0.25, 0.3) is 0 Å². The van der Waals surface area contributed by atoms with E-state index in [0.717, 1.165) is 6.07 Å². The maximum Gasteiger partial charge on any atom is 0.129 e. The molecule has 1 unspecified atom stereocenters. The van der Waals surface area contributed by atoms with Crippen molar-refractivity contribution in [2.75, 3.05) is 0 Å². The summed E-state index contributed by atoms with van der Waals surface area (Å²) in [5, 5.41) is 1.99. The van der Waals surface area contributed by atoms with E-state index in [-0.39, 0.29) is 6.04 Å². The first-order valence-electron chi connectivity index (χ1n) is 5.37. The van der Waals surface area contributed by atoms with Crippen molar-refractivity contribution in [3.63, 3.8) is 0 Å². The minimum Gasteiger partial charge on any atom is -0.327 e. The molecular weight excluding hydrogens is 240 g/mol. The van der Waals surface area contributed by atoms with Gasteiger partial charge in [0.05, 0.1) is 0 Å². The van der Waals surface area contributed by atoms with Crippen LogP contribution in [0.25, 0.3) is 0 Å². The smallest absolute Gasteiger partial charge is 0.129 e. The van der Waals surface area contributed by atoms with Gasteiger partial charge in [0.15, 0.2) is 0 Å². The third kappa shape index (κ3) is 3.35. The van der Waals surface area contributed by atoms with Crippen molar-refractivity contribution in [2.45, 2.75) is 18.9 Å². The minimum atomic E-state index is -0.557. The highest BCUT2D eigenvalue weighted by Crippen LogP contribution is 2.15. The highest BCUT2D eigenvalue weighted by molar-refractivity contribution is 7.09. The van der Waals surface area contributed by atoms with Gasteiger partial charge < -0.3 is 5.73 Å². The quantitative estimate of drug-likeness (QED) is 0.890. The first-order valence-corrected chi connectivity index (χ1v) is 6.25. The topological polar surface area (TPSA) is 26.0 Å². The zero-order chi connectivity index (χ0) is 12.3. The van der Waals surface area contributed by atoms with Gasteiger partial charge in [-0.2, -0.15) is 0 Å². The Hall–Kier alpha value is -1.26. The first kappa shape index (κ1) is 12.2. The van der Waals surface area contributed by atoms with E-state index in [9.17, 15) is 8.78 Å².